The molecule has 4 rings (SSSR count). The number of ether oxygens (including phenoxy) is 2. The van der Waals surface area contributed by atoms with Gasteiger partial charge in [0.15, 0.2) is 17.9 Å². The summed E-state index contributed by atoms with van der Waals surface area (Å²) >= 11 is 0. The molecule has 0 spiro atoms. The molecule has 3 aliphatic rings. The summed E-state index contributed by atoms with van der Waals surface area (Å²) in [7, 11) is 0. The lowest BCUT2D eigenvalue weighted by molar-refractivity contribution is -0.759. The fourth-order valence-corrected chi connectivity index (χ4v) is 3.42. The smallest absolute Gasteiger partial charge is 0.294 e. The Labute approximate surface area is 153 Å². The maximum atomic E-state index is 10.4. The molecule has 148 valence electrons. The summed E-state index contributed by atoms with van der Waals surface area (Å²) in [5.74, 6) is 1.11. The molecule has 0 aliphatic carbocycles. The molecule has 0 saturated carbocycles. The first-order chi connectivity index (χ1) is 13.0. The van der Waals surface area contributed by atoms with E-state index >= 15 is 0 Å². The minimum Gasteiger partial charge on any atom is -0.387 e. The molecule has 13 heteroatoms. The summed E-state index contributed by atoms with van der Waals surface area (Å²) in [6.45, 7) is 1.07. The van der Waals surface area contributed by atoms with Gasteiger partial charge in [-0.25, -0.2) is 9.97 Å². The minimum absolute atomic E-state index is 0.152. The molecule has 0 amide bonds. The molecule has 3 aliphatic heterocycles. The van der Waals surface area contributed by atoms with Crippen LogP contribution in [-0.2, 0) is 14.3 Å². The molecule has 4 N–H and O–H groups in total. The molecule has 27 heavy (non-hydrogen) atoms. The van der Waals surface area contributed by atoms with Gasteiger partial charge in [0.2, 0.25) is 0 Å². The standard InChI is InChI=1S/C14H20N6O7/c21-10-8(4-26-20(23)24)27-14(11(10)22)19-6-17-9-12(15-5-16-13(9)19)18-7-1-2-25-3-7/h5,7-8,10-11,14,17,21-22H,1-4,6H2,(H,15,16,18)/t7-,8-,10-,11-,14-/m1/s1. The van der Waals surface area contributed by atoms with E-state index in [0.29, 0.717) is 30.5 Å². The van der Waals surface area contributed by atoms with Crippen molar-refractivity contribution in [2.24, 2.45) is 0 Å². The van der Waals surface area contributed by atoms with Crippen LogP contribution in [0.25, 0.3) is 0 Å². The van der Waals surface area contributed by atoms with Crippen LogP contribution in [-0.4, -0.2) is 82.3 Å². The molecule has 0 aromatic carbocycles. The lowest BCUT2D eigenvalue weighted by Gasteiger charge is -2.26. The van der Waals surface area contributed by atoms with Gasteiger partial charge in [0.05, 0.1) is 19.3 Å². The van der Waals surface area contributed by atoms with Crippen molar-refractivity contribution in [1.29, 1.82) is 0 Å². The summed E-state index contributed by atoms with van der Waals surface area (Å²) in [4.78, 5) is 24.8. The molecular weight excluding hydrogens is 364 g/mol. The molecule has 0 unspecified atom stereocenters. The number of aromatic nitrogens is 2. The van der Waals surface area contributed by atoms with Crippen molar-refractivity contribution in [1.82, 2.24) is 9.97 Å². The van der Waals surface area contributed by atoms with Crippen molar-refractivity contribution in [3.8, 4) is 0 Å². The Hall–Kier alpha value is -2.48. The van der Waals surface area contributed by atoms with E-state index in [2.05, 4.69) is 25.4 Å². The molecule has 4 heterocycles. The second-order valence-corrected chi connectivity index (χ2v) is 6.50. The quantitative estimate of drug-likeness (QED) is 0.333. The van der Waals surface area contributed by atoms with Crippen molar-refractivity contribution in [2.75, 3.05) is 42.0 Å². The van der Waals surface area contributed by atoms with Crippen molar-refractivity contribution < 1.29 is 29.6 Å². The molecule has 2 saturated heterocycles. The predicted octanol–water partition coefficient (Wildman–Crippen LogP) is -1.48. The van der Waals surface area contributed by atoms with Crippen LogP contribution in [0, 0.1) is 10.1 Å². The first-order valence-electron chi connectivity index (χ1n) is 8.53. The van der Waals surface area contributed by atoms with Crippen molar-refractivity contribution in [3.05, 3.63) is 16.4 Å². The first kappa shape index (κ1) is 17.9. The summed E-state index contributed by atoms with van der Waals surface area (Å²) in [5.41, 5.74) is 0.652. The number of hydrogen-bond acceptors (Lipinski definition) is 12. The highest BCUT2D eigenvalue weighted by molar-refractivity contribution is 5.81. The third kappa shape index (κ3) is 3.41. The molecule has 0 bridgehead atoms. The van der Waals surface area contributed by atoms with Crippen LogP contribution in [0.3, 0.4) is 0 Å². The number of anilines is 3. The van der Waals surface area contributed by atoms with E-state index in [0.717, 1.165) is 6.42 Å². The number of hydrogen-bond donors (Lipinski definition) is 4. The third-order valence-corrected chi connectivity index (χ3v) is 4.78. The van der Waals surface area contributed by atoms with Gasteiger partial charge in [0.1, 0.15) is 36.9 Å². The van der Waals surface area contributed by atoms with Gasteiger partial charge >= 0.3 is 0 Å². The van der Waals surface area contributed by atoms with Gasteiger partial charge in [-0.15, -0.1) is 10.1 Å². The number of aliphatic hydroxyl groups is 2. The van der Waals surface area contributed by atoms with Gasteiger partial charge in [-0.2, -0.15) is 0 Å². The Kier molecular flexibility index (Phi) is 4.82. The zero-order chi connectivity index (χ0) is 19.0. The van der Waals surface area contributed by atoms with E-state index in [-0.39, 0.29) is 12.7 Å². The van der Waals surface area contributed by atoms with Crippen LogP contribution < -0.4 is 15.5 Å². The Morgan fingerprint density at radius 3 is 3.04 bits per heavy atom. The molecule has 1 aromatic heterocycles. The molecule has 0 radical (unpaired) electrons. The number of nitrogens with zero attached hydrogens (tertiary/aromatic N) is 4. The monoisotopic (exact) mass is 384 g/mol. The number of nitrogens with one attached hydrogen (secondary N) is 2. The summed E-state index contributed by atoms with van der Waals surface area (Å²) < 4.78 is 11.0. The van der Waals surface area contributed by atoms with Crippen molar-refractivity contribution in [2.45, 2.75) is 37.0 Å². The van der Waals surface area contributed by atoms with E-state index in [1.54, 1.807) is 4.90 Å². The summed E-state index contributed by atoms with van der Waals surface area (Å²) in [6.07, 6.45) is -2.32. The predicted molar refractivity (Wildman–Crippen MR) is 89.5 cm³/mol. The van der Waals surface area contributed by atoms with Gasteiger partial charge < -0.3 is 40.1 Å². The lowest BCUT2D eigenvalue weighted by Crippen LogP contribution is -2.44. The summed E-state index contributed by atoms with van der Waals surface area (Å²) in [5, 5.41) is 36.3. The minimum atomic E-state index is -1.32. The summed E-state index contributed by atoms with van der Waals surface area (Å²) in [6, 6.07) is 0.152. The van der Waals surface area contributed by atoms with Crippen LogP contribution in [0.5, 0.6) is 0 Å². The van der Waals surface area contributed by atoms with Crippen molar-refractivity contribution in [3.63, 3.8) is 0 Å². The fourth-order valence-electron chi connectivity index (χ4n) is 3.42. The topological polar surface area (TPSA) is 164 Å². The molecule has 2 fully saturated rings. The average Bonchev–Trinajstić information content (AvgIpc) is 3.36. The fraction of sp³-hybridized carbons (Fsp3) is 0.714. The van der Waals surface area contributed by atoms with Gasteiger partial charge in [-0.1, -0.05) is 0 Å². The first-order valence-corrected chi connectivity index (χ1v) is 8.53. The highest BCUT2D eigenvalue weighted by Crippen LogP contribution is 2.38. The van der Waals surface area contributed by atoms with Crippen LogP contribution in [0.2, 0.25) is 0 Å². The lowest BCUT2D eigenvalue weighted by atomic mass is 10.1. The third-order valence-electron chi connectivity index (χ3n) is 4.78. The van der Waals surface area contributed by atoms with E-state index in [1.165, 1.54) is 6.33 Å². The Balaban J connectivity index is 1.49. The molecule has 1 aromatic rings. The average molecular weight is 384 g/mol. The number of rotatable bonds is 6. The Bertz CT molecular complexity index is 703. The number of aliphatic hydroxyl groups excluding tert-OH is 2. The van der Waals surface area contributed by atoms with Crippen molar-refractivity contribution >= 4 is 17.3 Å². The van der Waals surface area contributed by atoms with Crippen LogP contribution in [0.4, 0.5) is 17.3 Å². The molecular formula is C14H20N6O7. The highest BCUT2D eigenvalue weighted by atomic mass is 17.0. The second-order valence-electron chi connectivity index (χ2n) is 6.50. The normalized spacial score (nSPS) is 32.2. The van der Waals surface area contributed by atoms with E-state index in [4.69, 9.17) is 9.47 Å². The maximum absolute atomic E-state index is 10.4. The molecule has 5 atom stereocenters. The zero-order valence-corrected chi connectivity index (χ0v) is 14.2. The van der Waals surface area contributed by atoms with Crippen LogP contribution in [0.15, 0.2) is 6.33 Å². The second kappa shape index (κ2) is 7.26. The Morgan fingerprint density at radius 2 is 2.30 bits per heavy atom. The number of fused-ring (bicyclic) bond motifs is 1. The molecule has 13 nitrogen and oxygen atoms in total. The SMILES string of the molecule is O=[N+]([O-])OC[C@H]1O[C@@H](N2CNc3c(N[C@@H]4CCOC4)ncnc32)[C@H](O)[C@@H]1O. The van der Waals surface area contributed by atoms with E-state index in [1.807, 2.05) is 0 Å². The van der Waals surface area contributed by atoms with Crippen LogP contribution in [0.1, 0.15) is 6.42 Å². The van der Waals surface area contributed by atoms with E-state index in [9.17, 15) is 20.3 Å². The largest absolute Gasteiger partial charge is 0.387 e. The van der Waals surface area contributed by atoms with Gasteiger partial charge in [0, 0.05) is 6.61 Å². The van der Waals surface area contributed by atoms with E-state index < -0.39 is 36.2 Å². The van der Waals surface area contributed by atoms with Gasteiger partial charge in [-0.05, 0) is 6.42 Å². The van der Waals surface area contributed by atoms with Gasteiger partial charge in [0.25, 0.3) is 5.09 Å². The Morgan fingerprint density at radius 1 is 1.44 bits per heavy atom. The van der Waals surface area contributed by atoms with Gasteiger partial charge in [-0.3, -0.25) is 0 Å². The highest BCUT2D eigenvalue weighted by Gasteiger charge is 2.48. The van der Waals surface area contributed by atoms with Crippen LogP contribution >= 0.6 is 0 Å². The maximum Gasteiger partial charge on any atom is 0.294 e. The zero-order valence-electron chi connectivity index (χ0n) is 14.2.